The van der Waals surface area contributed by atoms with E-state index < -0.39 is 0 Å². The average molecular weight is 498 g/mol. The summed E-state index contributed by atoms with van der Waals surface area (Å²) in [5.74, 6) is 0.719. The van der Waals surface area contributed by atoms with E-state index >= 15 is 0 Å². The molecule has 0 atom stereocenters. The van der Waals surface area contributed by atoms with Gasteiger partial charge in [-0.1, -0.05) is 72.5 Å². The standard InChI is InChI=1S/C28H23N3O2S2/c1-2-33-24-15-13-21(14-16-24)26-22(19-31(29-26)23-11-7-4-8-12-23)17-25-27(32)30(28(34)35-25)18-20-9-5-3-6-10-20/h3-17,19H,2,18H2,1H3/b25-17-. The number of benzene rings is 3. The van der Waals surface area contributed by atoms with Crippen LogP contribution in [0.2, 0.25) is 0 Å². The highest BCUT2D eigenvalue weighted by atomic mass is 32.2. The number of amides is 1. The maximum absolute atomic E-state index is 13.3. The zero-order valence-electron chi connectivity index (χ0n) is 19.1. The quantitative estimate of drug-likeness (QED) is 0.220. The average Bonchev–Trinajstić information content (AvgIpc) is 3.42. The number of aromatic nitrogens is 2. The van der Waals surface area contributed by atoms with Crippen LogP contribution in [0.3, 0.4) is 0 Å². The van der Waals surface area contributed by atoms with Gasteiger partial charge in [0.15, 0.2) is 0 Å². The van der Waals surface area contributed by atoms with Crippen LogP contribution in [0.1, 0.15) is 18.1 Å². The Morgan fingerprint density at radius 3 is 2.34 bits per heavy atom. The first-order valence-corrected chi connectivity index (χ1v) is 12.5. The van der Waals surface area contributed by atoms with Gasteiger partial charge in [0.05, 0.1) is 29.4 Å². The fourth-order valence-corrected chi connectivity index (χ4v) is 5.10. The summed E-state index contributed by atoms with van der Waals surface area (Å²) < 4.78 is 7.98. The SMILES string of the molecule is CCOc1ccc(-c2nn(-c3ccccc3)cc2/C=C2\SC(=S)N(Cc3ccccc3)C2=O)cc1. The van der Waals surface area contributed by atoms with Crippen molar-refractivity contribution in [3.05, 3.63) is 107 Å². The van der Waals surface area contributed by atoms with Crippen molar-refractivity contribution in [1.29, 1.82) is 0 Å². The van der Waals surface area contributed by atoms with Gasteiger partial charge in [-0.05, 0) is 55.0 Å². The van der Waals surface area contributed by atoms with Gasteiger partial charge >= 0.3 is 0 Å². The summed E-state index contributed by atoms with van der Waals surface area (Å²) in [4.78, 5) is 15.5. The number of hydrogen-bond donors (Lipinski definition) is 0. The monoisotopic (exact) mass is 497 g/mol. The Bertz CT molecular complexity index is 1380. The second kappa shape index (κ2) is 10.3. The highest BCUT2D eigenvalue weighted by Crippen LogP contribution is 2.36. The zero-order valence-corrected chi connectivity index (χ0v) is 20.8. The highest BCUT2D eigenvalue weighted by molar-refractivity contribution is 8.26. The molecule has 174 valence electrons. The number of carbonyl (C=O) groups is 1. The molecule has 5 nitrogen and oxygen atoms in total. The van der Waals surface area contributed by atoms with Crippen LogP contribution in [0.4, 0.5) is 0 Å². The van der Waals surface area contributed by atoms with E-state index in [4.69, 9.17) is 22.1 Å². The molecule has 0 N–H and O–H groups in total. The smallest absolute Gasteiger partial charge is 0.266 e. The van der Waals surface area contributed by atoms with Crippen LogP contribution in [0, 0.1) is 0 Å². The topological polar surface area (TPSA) is 47.4 Å². The maximum Gasteiger partial charge on any atom is 0.266 e. The summed E-state index contributed by atoms with van der Waals surface area (Å²) in [7, 11) is 0. The third-order valence-electron chi connectivity index (χ3n) is 5.55. The van der Waals surface area contributed by atoms with Crippen LogP contribution >= 0.6 is 24.0 Å². The number of nitrogens with zero attached hydrogens (tertiary/aromatic N) is 3. The van der Waals surface area contributed by atoms with Crippen molar-refractivity contribution in [2.24, 2.45) is 0 Å². The van der Waals surface area contributed by atoms with Gasteiger partial charge < -0.3 is 4.74 Å². The third-order valence-corrected chi connectivity index (χ3v) is 6.92. The van der Waals surface area contributed by atoms with Crippen molar-refractivity contribution in [3.8, 4) is 22.7 Å². The molecule has 4 aromatic rings. The van der Waals surface area contributed by atoms with Crippen molar-refractivity contribution in [2.45, 2.75) is 13.5 Å². The first-order valence-electron chi connectivity index (χ1n) is 11.3. The molecule has 0 aliphatic carbocycles. The number of rotatable bonds is 7. The Labute approximate surface area is 214 Å². The van der Waals surface area contributed by atoms with Gasteiger partial charge in [-0.25, -0.2) is 4.68 Å². The third kappa shape index (κ3) is 5.06. The number of thioether (sulfide) groups is 1. The molecule has 1 aromatic heterocycles. The maximum atomic E-state index is 13.3. The summed E-state index contributed by atoms with van der Waals surface area (Å²) in [6, 6.07) is 27.6. The summed E-state index contributed by atoms with van der Waals surface area (Å²) >= 11 is 6.88. The molecule has 0 radical (unpaired) electrons. The lowest BCUT2D eigenvalue weighted by molar-refractivity contribution is -0.122. The molecule has 2 heterocycles. The molecule has 7 heteroatoms. The summed E-state index contributed by atoms with van der Waals surface area (Å²) in [5, 5.41) is 4.86. The van der Waals surface area contributed by atoms with Crippen LogP contribution < -0.4 is 4.74 Å². The zero-order chi connectivity index (χ0) is 24.2. The molecule has 1 fully saturated rings. The number of ether oxygens (including phenoxy) is 1. The van der Waals surface area contributed by atoms with Gasteiger partial charge in [-0.15, -0.1) is 0 Å². The fourth-order valence-electron chi connectivity index (χ4n) is 3.85. The molecule has 0 spiro atoms. The number of hydrogen-bond acceptors (Lipinski definition) is 5. The first-order chi connectivity index (χ1) is 17.1. The molecular weight excluding hydrogens is 474 g/mol. The molecule has 0 unspecified atom stereocenters. The van der Waals surface area contributed by atoms with Crippen molar-refractivity contribution >= 4 is 40.3 Å². The predicted molar refractivity (Wildman–Crippen MR) is 145 cm³/mol. The second-order valence-corrected chi connectivity index (χ2v) is 9.60. The molecule has 5 rings (SSSR count). The fraction of sp³-hybridized carbons (Fsp3) is 0.107. The Balaban J connectivity index is 1.51. The van der Waals surface area contributed by atoms with E-state index in [0.29, 0.717) is 22.4 Å². The number of thiocarbonyl (C=S) groups is 1. The van der Waals surface area contributed by atoms with Gasteiger partial charge in [0, 0.05) is 17.3 Å². The summed E-state index contributed by atoms with van der Waals surface area (Å²) in [5.41, 5.74) is 4.55. The van der Waals surface area contributed by atoms with Gasteiger partial charge in [0.25, 0.3) is 5.91 Å². The van der Waals surface area contributed by atoms with Gasteiger partial charge in [0.2, 0.25) is 0 Å². The molecule has 1 aliphatic rings. The van der Waals surface area contributed by atoms with Crippen LogP contribution in [0.15, 0.2) is 96.0 Å². The van der Waals surface area contributed by atoms with E-state index in [2.05, 4.69) is 0 Å². The Morgan fingerprint density at radius 2 is 1.66 bits per heavy atom. The Kier molecular flexibility index (Phi) is 6.79. The highest BCUT2D eigenvalue weighted by Gasteiger charge is 2.32. The van der Waals surface area contributed by atoms with Crippen LogP contribution in [0.25, 0.3) is 23.0 Å². The minimum absolute atomic E-state index is 0.0889. The van der Waals surface area contributed by atoms with Gasteiger partial charge in [0.1, 0.15) is 10.1 Å². The van der Waals surface area contributed by atoms with Crippen LogP contribution in [-0.2, 0) is 11.3 Å². The Morgan fingerprint density at radius 1 is 0.971 bits per heavy atom. The lowest BCUT2D eigenvalue weighted by atomic mass is 10.1. The Hall–Kier alpha value is -3.68. The summed E-state index contributed by atoms with van der Waals surface area (Å²) in [6.45, 7) is 3.03. The first kappa shape index (κ1) is 23.1. The van der Waals surface area contributed by atoms with E-state index in [1.165, 1.54) is 11.8 Å². The van der Waals surface area contributed by atoms with Crippen molar-refractivity contribution in [3.63, 3.8) is 0 Å². The van der Waals surface area contributed by atoms with E-state index in [-0.39, 0.29) is 5.91 Å². The molecule has 1 saturated heterocycles. The minimum Gasteiger partial charge on any atom is -0.494 e. The number of para-hydroxylation sites is 1. The molecular formula is C28H23N3O2S2. The second-order valence-electron chi connectivity index (χ2n) is 7.92. The van der Waals surface area contributed by atoms with E-state index in [0.717, 1.165) is 33.8 Å². The van der Waals surface area contributed by atoms with Crippen LogP contribution in [-0.4, -0.2) is 31.5 Å². The van der Waals surface area contributed by atoms with Crippen molar-refractivity contribution < 1.29 is 9.53 Å². The minimum atomic E-state index is -0.0889. The van der Waals surface area contributed by atoms with E-state index in [9.17, 15) is 4.79 Å². The lowest BCUT2D eigenvalue weighted by Gasteiger charge is -2.14. The van der Waals surface area contributed by atoms with E-state index in [1.807, 2.05) is 109 Å². The van der Waals surface area contributed by atoms with Gasteiger partial charge in [-0.3, -0.25) is 9.69 Å². The molecule has 1 amide bonds. The van der Waals surface area contributed by atoms with E-state index in [1.54, 1.807) is 4.90 Å². The predicted octanol–water partition coefficient (Wildman–Crippen LogP) is 6.34. The molecule has 35 heavy (non-hydrogen) atoms. The summed E-state index contributed by atoms with van der Waals surface area (Å²) in [6.07, 6.45) is 3.84. The van der Waals surface area contributed by atoms with Crippen molar-refractivity contribution in [1.82, 2.24) is 14.7 Å². The largest absolute Gasteiger partial charge is 0.494 e. The van der Waals surface area contributed by atoms with Gasteiger partial charge in [-0.2, -0.15) is 5.10 Å². The van der Waals surface area contributed by atoms with Crippen LogP contribution in [0.5, 0.6) is 5.75 Å². The van der Waals surface area contributed by atoms with Crippen molar-refractivity contribution in [2.75, 3.05) is 6.61 Å². The number of carbonyl (C=O) groups excluding carboxylic acids is 1. The lowest BCUT2D eigenvalue weighted by Crippen LogP contribution is -2.27. The normalized spacial score (nSPS) is 14.7. The molecule has 0 bridgehead atoms. The molecule has 0 saturated carbocycles. The molecule has 3 aromatic carbocycles. The molecule has 1 aliphatic heterocycles.